The molecule has 0 aliphatic heterocycles. The molecule has 0 amide bonds. The number of rotatable bonds is 4. The van der Waals surface area contributed by atoms with Gasteiger partial charge in [0.15, 0.2) is 0 Å². The highest BCUT2D eigenvalue weighted by Gasteiger charge is 2.27. The van der Waals surface area contributed by atoms with Gasteiger partial charge in [-0.1, -0.05) is 0 Å². The Kier molecular flexibility index (Phi) is 3.41. The molecule has 0 bridgehead atoms. The third-order valence-corrected chi connectivity index (χ3v) is 1.85. The number of pyridine rings is 1. The van der Waals surface area contributed by atoms with Crippen molar-refractivity contribution in [3.63, 3.8) is 0 Å². The Morgan fingerprint density at radius 1 is 1.60 bits per heavy atom. The summed E-state index contributed by atoms with van der Waals surface area (Å²) in [7, 11) is 0. The van der Waals surface area contributed by atoms with Crippen LogP contribution in [0.5, 0.6) is 0 Å². The van der Waals surface area contributed by atoms with Crippen LogP contribution in [0, 0.1) is 6.92 Å². The van der Waals surface area contributed by atoms with Gasteiger partial charge in [-0.25, -0.2) is 13.8 Å². The van der Waals surface area contributed by atoms with Gasteiger partial charge in [-0.3, -0.25) is 0 Å². The summed E-state index contributed by atoms with van der Waals surface area (Å²) in [5, 5.41) is 10.8. The first-order chi connectivity index (χ1) is 6.94. The summed E-state index contributed by atoms with van der Waals surface area (Å²) in [4.78, 5) is 3.86. The number of aryl methyl sites for hydroxylation is 1. The lowest BCUT2D eigenvalue weighted by atomic mass is 10.2. The maximum Gasteiger partial charge on any atom is 0.287 e. The molecule has 0 spiro atoms. The zero-order chi connectivity index (χ0) is 11.5. The molecule has 4 nitrogen and oxygen atoms in total. The molecule has 1 heterocycles. The Morgan fingerprint density at radius 3 is 2.80 bits per heavy atom. The maximum atomic E-state index is 12.7. The van der Waals surface area contributed by atoms with Gasteiger partial charge in [0.05, 0.1) is 18.4 Å². The molecular weight excluding hydrogens is 204 g/mol. The summed E-state index contributed by atoms with van der Waals surface area (Å²) in [6.07, 6.45) is 1.38. The number of anilines is 2. The monoisotopic (exact) mass is 217 g/mol. The second-order valence-electron chi connectivity index (χ2n) is 3.30. The molecule has 4 N–H and O–H groups in total. The zero-order valence-corrected chi connectivity index (χ0v) is 8.30. The van der Waals surface area contributed by atoms with Crippen molar-refractivity contribution < 1.29 is 13.9 Å². The number of halogens is 2. The molecule has 1 aromatic heterocycles. The van der Waals surface area contributed by atoms with Gasteiger partial charge in [0.1, 0.15) is 12.4 Å². The SMILES string of the molecule is Cc1cc(N)cnc1NCC(F)(F)CO. The highest BCUT2D eigenvalue weighted by atomic mass is 19.3. The topological polar surface area (TPSA) is 71.2 Å². The second-order valence-corrected chi connectivity index (χ2v) is 3.30. The predicted molar refractivity (Wildman–Crippen MR) is 53.9 cm³/mol. The fourth-order valence-electron chi connectivity index (χ4n) is 1.05. The van der Waals surface area contributed by atoms with E-state index in [4.69, 9.17) is 10.8 Å². The number of nitrogens with one attached hydrogen (secondary N) is 1. The van der Waals surface area contributed by atoms with Gasteiger partial charge in [-0.2, -0.15) is 0 Å². The Balaban J connectivity index is 2.66. The smallest absolute Gasteiger partial charge is 0.287 e. The number of aliphatic hydroxyl groups excluding tert-OH is 1. The minimum absolute atomic E-state index is 0.345. The largest absolute Gasteiger partial charge is 0.397 e. The molecule has 15 heavy (non-hydrogen) atoms. The molecule has 0 aliphatic rings. The van der Waals surface area contributed by atoms with Crippen molar-refractivity contribution in [3.8, 4) is 0 Å². The van der Waals surface area contributed by atoms with Crippen molar-refractivity contribution in [3.05, 3.63) is 17.8 Å². The Hall–Kier alpha value is -1.43. The van der Waals surface area contributed by atoms with E-state index in [0.29, 0.717) is 17.1 Å². The Morgan fingerprint density at radius 2 is 2.27 bits per heavy atom. The Labute approximate surface area is 86.1 Å². The molecular formula is C9H13F2N3O. The molecule has 6 heteroatoms. The highest BCUT2D eigenvalue weighted by molar-refractivity contribution is 5.50. The second kappa shape index (κ2) is 4.39. The van der Waals surface area contributed by atoms with Crippen LogP contribution < -0.4 is 11.1 Å². The van der Waals surface area contributed by atoms with Gasteiger partial charge in [0.25, 0.3) is 5.92 Å². The van der Waals surface area contributed by atoms with Gasteiger partial charge in [-0.05, 0) is 18.6 Å². The molecule has 1 rings (SSSR count). The minimum Gasteiger partial charge on any atom is -0.397 e. The first-order valence-electron chi connectivity index (χ1n) is 4.39. The predicted octanol–water partition coefficient (Wildman–Crippen LogP) is 1.01. The third-order valence-electron chi connectivity index (χ3n) is 1.85. The number of aliphatic hydroxyl groups is 1. The van der Waals surface area contributed by atoms with Crippen LogP contribution in [0.25, 0.3) is 0 Å². The summed E-state index contributed by atoms with van der Waals surface area (Å²) in [6, 6.07) is 1.63. The van der Waals surface area contributed by atoms with Crippen LogP contribution in [-0.4, -0.2) is 29.2 Å². The van der Waals surface area contributed by atoms with Gasteiger partial charge in [-0.15, -0.1) is 0 Å². The van der Waals surface area contributed by atoms with Crippen LogP contribution in [-0.2, 0) is 0 Å². The van der Waals surface area contributed by atoms with E-state index in [1.807, 2.05) is 0 Å². The van der Waals surface area contributed by atoms with Crippen molar-refractivity contribution >= 4 is 11.5 Å². The lowest BCUT2D eigenvalue weighted by Gasteiger charge is -2.15. The van der Waals surface area contributed by atoms with E-state index < -0.39 is 19.1 Å². The van der Waals surface area contributed by atoms with Crippen LogP contribution in [0.1, 0.15) is 5.56 Å². The van der Waals surface area contributed by atoms with Crippen molar-refractivity contribution in [2.24, 2.45) is 0 Å². The molecule has 0 saturated carbocycles. The van der Waals surface area contributed by atoms with E-state index in [1.54, 1.807) is 13.0 Å². The zero-order valence-electron chi connectivity index (χ0n) is 8.30. The lowest BCUT2D eigenvalue weighted by molar-refractivity contribution is -0.0373. The fourth-order valence-corrected chi connectivity index (χ4v) is 1.05. The van der Waals surface area contributed by atoms with E-state index in [1.165, 1.54) is 6.20 Å². The summed E-state index contributed by atoms with van der Waals surface area (Å²) < 4.78 is 25.4. The molecule has 0 atom stereocenters. The number of hydrogen-bond donors (Lipinski definition) is 3. The molecule has 0 radical (unpaired) electrons. The van der Waals surface area contributed by atoms with E-state index in [2.05, 4.69) is 10.3 Å². The van der Waals surface area contributed by atoms with E-state index in [-0.39, 0.29) is 0 Å². The maximum absolute atomic E-state index is 12.7. The number of nitrogens with zero attached hydrogens (tertiary/aromatic N) is 1. The van der Waals surface area contributed by atoms with Gasteiger partial charge in [0, 0.05) is 0 Å². The molecule has 0 saturated heterocycles. The summed E-state index contributed by atoms with van der Waals surface area (Å²) in [6.45, 7) is -0.127. The average Bonchev–Trinajstić information content (AvgIpc) is 2.16. The molecule has 0 aliphatic carbocycles. The quantitative estimate of drug-likeness (QED) is 0.704. The Bertz CT molecular complexity index is 344. The number of nitrogen functional groups attached to an aromatic ring is 1. The molecule has 0 unspecified atom stereocenters. The number of hydrogen-bond acceptors (Lipinski definition) is 4. The number of nitrogens with two attached hydrogens (primary N) is 1. The van der Waals surface area contributed by atoms with Crippen LogP contribution in [0.2, 0.25) is 0 Å². The first-order valence-corrected chi connectivity index (χ1v) is 4.39. The average molecular weight is 217 g/mol. The van der Waals surface area contributed by atoms with Crippen molar-refractivity contribution in [2.45, 2.75) is 12.8 Å². The van der Waals surface area contributed by atoms with Gasteiger partial charge >= 0.3 is 0 Å². The van der Waals surface area contributed by atoms with Crippen molar-refractivity contribution in [1.29, 1.82) is 0 Å². The highest BCUT2D eigenvalue weighted by Crippen LogP contribution is 2.17. The summed E-state index contributed by atoms with van der Waals surface area (Å²) in [5.41, 5.74) is 6.62. The normalized spacial score (nSPS) is 11.5. The number of aromatic nitrogens is 1. The van der Waals surface area contributed by atoms with Crippen molar-refractivity contribution in [1.82, 2.24) is 4.98 Å². The van der Waals surface area contributed by atoms with Crippen LogP contribution >= 0.6 is 0 Å². The standard InChI is InChI=1S/C9H13F2N3O/c1-6-2-7(12)3-13-8(6)14-4-9(10,11)5-15/h2-3,15H,4-5,12H2,1H3,(H,13,14). The molecule has 0 aromatic carbocycles. The van der Waals surface area contributed by atoms with Gasteiger partial charge < -0.3 is 16.2 Å². The van der Waals surface area contributed by atoms with Crippen molar-refractivity contribution in [2.75, 3.05) is 24.2 Å². The molecule has 84 valence electrons. The minimum atomic E-state index is -3.14. The van der Waals surface area contributed by atoms with Crippen LogP contribution in [0.15, 0.2) is 12.3 Å². The van der Waals surface area contributed by atoms with Gasteiger partial charge in [0.2, 0.25) is 0 Å². The summed E-state index contributed by atoms with van der Waals surface area (Å²) >= 11 is 0. The molecule has 0 fully saturated rings. The number of alkyl halides is 2. The fraction of sp³-hybridized carbons (Fsp3) is 0.444. The molecule has 1 aromatic rings. The van der Waals surface area contributed by atoms with E-state index in [0.717, 1.165) is 0 Å². The van der Waals surface area contributed by atoms with E-state index >= 15 is 0 Å². The van der Waals surface area contributed by atoms with Crippen LogP contribution in [0.4, 0.5) is 20.3 Å². The van der Waals surface area contributed by atoms with E-state index in [9.17, 15) is 8.78 Å². The first kappa shape index (κ1) is 11.6. The lowest BCUT2D eigenvalue weighted by Crippen LogP contribution is -2.31. The summed E-state index contributed by atoms with van der Waals surface area (Å²) in [5.74, 6) is -2.80. The van der Waals surface area contributed by atoms with Crippen LogP contribution in [0.3, 0.4) is 0 Å². The third kappa shape index (κ3) is 3.32.